The van der Waals surface area contributed by atoms with Crippen molar-refractivity contribution in [3.8, 4) is 5.75 Å². The van der Waals surface area contributed by atoms with Crippen LogP contribution in [0.2, 0.25) is 0 Å². The third-order valence-electron chi connectivity index (χ3n) is 2.01. The fourth-order valence-electron chi connectivity index (χ4n) is 1.29. The maximum absolute atomic E-state index is 12.0. The average molecular weight is 234 g/mol. The summed E-state index contributed by atoms with van der Waals surface area (Å²) >= 11 is 0. The second kappa shape index (κ2) is 4.74. The highest BCUT2D eigenvalue weighted by Crippen LogP contribution is 2.27. The smallest absolute Gasteiger partial charge is 0.422 e. The van der Waals surface area contributed by atoms with Gasteiger partial charge < -0.3 is 9.84 Å². The lowest BCUT2D eigenvalue weighted by molar-refractivity contribution is -0.153. The van der Waals surface area contributed by atoms with Crippen molar-refractivity contribution in [3.05, 3.63) is 29.3 Å². The van der Waals surface area contributed by atoms with Gasteiger partial charge in [0.2, 0.25) is 0 Å². The van der Waals surface area contributed by atoms with Crippen LogP contribution in [0.4, 0.5) is 13.2 Å². The van der Waals surface area contributed by atoms with Crippen molar-refractivity contribution in [2.24, 2.45) is 0 Å². The molecule has 5 heteroatoms. The first kappa shape index (κ1) is 12.8. The van der Waals surface area contributed by atoms with Gasteiger partial charge in [-0.2, -0.15) is 13.2 Å². The molecule has 0 aliphatic rings. The average Bonchev–Trinajstić information content (AvgIpc) is 2.14. The van der Waals surface area contributed by atoms with Crippen molar-refractivity contribution >= 4 is 0 Å². The van der Waals surface area contributed by atoms with Crippen molar-refractivity contribution in [1.82, 2.24) is 0 Å². The maximum Gasteiger partial charge on any atom is 0.422 e. The molecule has 90 valence electrons. The van der Waals surface area contributed by atoms with Gasteiger partial charge in [0.25, 0.3) is 0 Å². The topological polar surface area (TPSA) is 29.5 Å². The van der Waals surface area contributed by atoms with Gasteiger partial charge in [0, 0.05) is 5.56 Å². The fourth-order valence-corrected chi connectivity index (χ4v) is 1.29. The van der Waals surface area contributed by atoms with Crippen LogP contribution in [-0.4, -0.2) is 17.9 Å². The summed E-state index contributed by atoms with van der Waals surface area (Å²) < 4.78 is 40.5. The van der Waals surface area contributed by atoms with Crippen LogP contribution >= 0.6 is 0 Å². The zero-order chi connectivity index (χ0) is 12.3. The van der Waals surface area contributed by atoms with Gasteiger partial charge in [0.05, 0.1) is 6.10 Å². The minimum atomic E-state index is -4.37. The molecule has 0 heterocycles. The van der Waals surface area contributed by atoms with E-state index in [2.05, 4.69) is 4.74 Å². The lowest BCUT2D eigenvalue weighted by Gasteiger charge is -2.15. The summed E-state index contributed by atoms with van der Waals surface area (Å²) in [5, 5.41) is 9.40. The Morgan fingerprint density at radius 2 is 2.00 bits per heavy atom. The SMILES string of the molecule is Cc1ccc(OCC(F)(F)F)c([C@H](C)O)c1. The van der Waals surface area contributed by atoms with E-state index in [1.54, 1.807) is 19.1 Å². The predicted molar refractivity (Wildman–Crippen MR) is 53.4 cm³/mol. The minimum absolute atomic E-state index is 0.0675. The van der Waals surface area contributed by atoms with Gasteiger partial charge >= 0.3 is 6.18 Å². The molecule has 2 nitrogen and oxygen atoms in total. The summed E-state index contributed by atoms with van der Waals surface area (Å²) in [6.07, 6.45) is -5.23. The Morgan fingerprint density at radius 3 is 2.50 bits per heavy atom. The first-order valence-electron chi connectivity index (χ1n) is 4.78. The van der Waals surface area contributed by atoms with E-state index in [4.69, 9.17) is 0 Å². The van der Waals surface area contributed by atoms with Crippen LogP contribution in [0.15, 0.2) is 18.2 Å². The molecule has 0 radical (unpaired) electrons. The van der Waals surface area contributed by atoms with Gasteiger partial charge in [-0.25, -0.2) is 0 Å². The Morgan fingerprint density at radius 1 is 1.38 bits per heavy atom. The maximum atomic E-state index is 12.0. The number of alkyl halides is 3. The van der Waals surface area contributed by atoms with E-state index in [0.717, 1.165) is 5.56 Å². The van der Waals surface area contributed by atoms with E-state index in [1.165, 1.54) is 13.0 Å². The number of hydrogen-bond acceptors (Lipinski definition) is 2. The quantitative estimate of drug-likeness (QED) is 0.871. The largest absolute Gasteiger partial charge is 0.484 e. The van der Waals surface area contributed by atoms with Gasteiger partial charge in [0.15, 0.2) is 6.61 Å². The molecule has 1 aromatic rings. The van der Waals surface area contributed by atoms with Gasteiger partial charge in [-0.1, -0.05) is 11.6 Å². The molecule has 0 saturated carbocycles. The van der Waals surface area contributed by atoms with Crippen LogP contribution in [0.5, 0.6) is 5.75 Å². The van der Waals surface area contributed by atoms with Crippen LogP contribution in [-0.2, 0) is 0 Å². The number of aliphatic hydroxyl groups is 1. The molecule has 16 heavy (non-hydrogen) atoms. The molecule has 0 unspecified atom stereocenters. The van der Waals surface area contributed by atoms with E-state index in [0.29, 0.717) is 5.56 Å². The Bertz CT molecular complexity index is 359. The summed E-state index contributed by atoms with van der Waals surface area (Å²) in [5.74, 6) is 0.0675. The third-order valence-corrected chi connectivity index (χ3v) is 2.01. The molecule has 0 aliphatic heterocycles. The first-order valence-corrected chi connectivity index (χ1v) is 4.78. The van der Waals surface area contributed by atoms with E-state index in [-0.39, 0.29) is 5.75 Å². The number of aryl methyl sites for hydroxylation is 1. The highest BCUT2D eigenvalue weighted by atomic mass is 19.4. The van der Waals surface area contributed by atoms with E-state index < -0.39 is 18.9 Å². The molecule has 1 rings (SSSR count). The molecule has 0 aliphatic carbocycles. The molecule has 1 atom stereocenters. The highest BCUT2D eigenvalue weighted by molar-refractivity contribution is 5.38. The molecular formula is C11H13F3O2. The number of aliphatic hydroxyl groups excluding tert-OH is 1. The van der Waals surface area contributed by atoms with Gasteiger partial charge in [-0.15, -0.1) is 0 Å². The molecule has 0 aromatic heterocycles. The standard InChI is InChI=1S/C11H13F3O2/c1-7-3-4-10(9(5-7)8(2)15)16-6-11(12,13)14/h3-5,8,15H,6H2,1-2H3/t8-/m0/s1. The first-order chi connectivity index (χ1) is 7.29. The third kappa shape index (κ3) is 3.73. The molecular weight excluding hydrogens is 221 g/mol. The van der Waals surface area contributed by atoms with Crippen LogP contribution in [0, 0.1) is 6.92 Å². The normalized spacial score (nSPS) is 13.6. The van der Waals surface area contributed by atoms with Crippen molar-refractivity contribution in [2.75, 3.05) is 6.61 Å². The number of ether oxygens (including phenoxy) is 1. The van der Waals surface area contributed by atoms with Crippen molar-refractivity contribution in [2.45, 2.75) is 26.1 Å². The van der Waals surface area contributed by atoms with E-state index >= 15 is 0 Å². The zero-order valence-corrected chi connectivity index (χ0v) is 9.01. The van der Waals surface area contributed by atoms with Gasteiger partial charge in [-0.05, 0) is 26.0 Å². The Balaban J connectivity index is 2.87. The predicted octanol–water partition coefficient (Wildman–Crippen LogP) is 2.99. The lowest BCUT2D eigenvalue weighted by atomic mass is 10.1. The summed E-state index contributed by atoms with van der Waals surface area (Å²) in [6.45, 7) is 1.92. The summed E-state index contributed by atoms with van der Waals surface area (Å²) in [6, 6.07) is 4.68. The molecule has 0 bridgehead atoms. The number of rotatable bonds is 3. The molecule has 0 spiro atoms. The number of hydrogen-bond donors (Lipinski definition) is 1. The molecule has 1 N–H and O–H groups in total. The fraction of sp³-hybridized carbons (Fsp3) is 0.455. The monoisotopic (exact) mass is 234 g/mol. The Labute approximate surface area is 91.7 Å². The van der Waals surface area contributed by atoms with Gasteiger partial charge in [-0.3, -0.25) is 0 Å². The second-order valence-electron chi connectivity index (χ2n) is 3.62. The summed E-state index contributed by atoms with van der Waals surface area (Å²) in [4.78, 5) is 0. The van der Waals surface area contributed by atoms with Crippen LogP contribution in [0.3, 0.4) is 0 Å². The lowest BCUT2D eigenvalue weighted by Crippen LogP contribution is -2.20. The van der Waals surface area contributed by atoms with Crippen molar-refractivity contribution in [3.63, 3.8) is 0 Å². The second-order valence-corrected chi connectivity index (χ2v) is 3.62. The van der Waals surface area contributed by atoms with Crippen molar-refractivity contribution in [1.29, 1.82) is 0 Å². The number of halogens is 3. The van der Waals surface area contributed by atoms with Crippen molar-refractivity contribution < 1.29 is 23.0 Å². The van der Waals surface area contributed by atoms with Crippen LogP contribution < -0.4 is 4.74 Å². The summed E-state index contributed by atoms with van der Waals surface area (Å²) in [7, 11) is 0. The molecule has 0 fully saturated rings. The number of benzene rings is 1. The minimum Gasteiger partial charge on any atom is -0.484 e. The van der Waals surface area contributed by atoms with Crippen LogP contribution in [0.25, 0.3) is 0 Å². The van der Waals surface area contributed by atoms with Gasteiger partial charge in [0.1, 0.15) is 5.75 Å². The molecule has 1 aromatic carbocycles. The Kier molecular flexibility index (Phi) is 3.80. The Hall–Kier alpha value is -1.23. The van der Waals surface area contributed by atoms with E-state index in [9.17, 15) is 18.3 Å². The van der Waals surface area contributed by atoms with E-state index in [1.807, 2.05) is 0 Å². The summed E-state index contributed by atoms with van der Waals surface area (Å²) in [5.41, 5.74) is 1.22. The van der Waals surface area contributed by atoms with Crippen LogP contribution in [0.1, 0.15) is 24.2 Å². The molecule has 0 saturated heterocycles. The zero-order valence-electron chi connectivity index (χ0n) is 9.01. The highest BCUT2D eigenvalue weighted by Gasteiger charge is 2.29. The molecule has 0 amide bonds.